The number of para-hydroxylation sites is 1. The molecule has 0 aliphatic carbocycles. The molecular formula is C27H43N5O. The molecule has 3 saturated heterocycles. The molecule has 1 unspecified atom stereocenters. The highest BCUT2D eigenvalue weighted by Crippen LogP contribution is 2.43. The molecule has 4 heterocycles. The molecule has 5 rings (SSSR count). The Morgan fingerprint density at radius 1 is 1.03 bits per heavy atom. The molecule has 3 aliphatic heterocycles. The number of benzene rings is 1. The Bertz CT molecular complexity index is 1020. The molecule has 0 saturated carbocycles. The fourth-order valence-corrected chi connectivity index (χ4v) is 6.65. The van der Waals surface area contributed by atoms with Crippen molar-refractivity contribution in [3.05, 3.63) is 28.7 Å². The van der Waals surface area contributed by atoms with Crippen molar-refractivity contribution in [2.45, 2.75) is 58.4 Å². The Morgan fingerprint density at radius 2 is 1.73 bits per heavy atom. The second kappa shape index (κ2) is 9.10. The van der Waals surface area contributed by atoms with Crippen LogP contribution in [0.3, 0.4) is 0 Å². The Labute approximate surface area is 199 Å². The zero-order chi connectivity index (χ0) is 23.2. The monoisotopic (exact) mass is 453 g/mol. The van der Waals surface area contributed by atoms with E-state index in [4.69, 9.17) is 0 Å². The van der Waals surface area contributed by atoms with Gasteiger partial charge in [0.05, 0.1) is 16.7 Å². The predicted octanol–water partition coefficient (Wildman–Crippen LogP) is 3.95. The van der Waals surface area contributed by atoms with Crippen LogP contribution in [0.5, 0.6) is 0 Å². The molecule has 1 aromatic heterocycles. The molecule has 1 spiro atoms. The van der Waals surface area contributed by atoms with E-state index in [0.717, 1.165) is 36.5 Å². The van der Waals surface area contributed by atoms with Gasteiger partial charge in [0.1, 0.15) is 0 Å². The molecule has 6 nitrogen and oxygen atoms in total. The Kier molecular flexibility index (Phi) is 6.34. The first-order valence-electron chi connectivity index (χ1n) is 13.3. The number of anilines is 1. The summed E-state index contributed by atoms with van der Waals surface area (Å²) in [6.45, 7) is 12.9. The molecule has 0 bridgehead atoms. The van der Waals surface area contributed by atoms with Crippen molar-refractivity contribution in [1.82, 2.24) is 18.9 Å². The Balaban J connectivity index is 1.29. The maximum Gasteiger partial charge on any atom is 0.329 e. The minimum atomic E-state index is 0.114. The van der Waals surface area contributed by atoms with Crippen molar-refractivity contribution in [2.24, 2.45) is 18.4 Å². The minimum absolute atomic E-state index is 0.114. The zero-order valence-corrected chi connectivity index (χ0v) is 21.2. The van der Waals surface area contributed by atoms with E-state index >= 15 is 0 Å². The lowest BCUT2D eigenvalue weighted by atomic mass is 9.77. The van der Waals surface area contributed by atoms with Gasteiger partial charge in [0.2, 0.25) is 0 Å². The Morgan fingerprint density at radius 3 is 2.42 bits per heavy atom. The van der Waals surface area contributed by atoms with Crippen LogP contribution >= 0.6 is 0 Å². The van der Waals surface area contributed by atoms with Crippen LogP contribution in [-0.2, 0) is 7.05 Å². The van der Waals surface area contributed by atoms with Gasteiger partial charge in [0.25, 0.3) is 0 Å². The number of fused-ring (bicyclic) bond motifs is 1. The fraction of sp³-hybridized carbons (Fsp3) is 0.741. The number of hydrogen-bond acceptors (Lipinski definition) is 4. The summed E-state index contributed by atoms with van der Waals surface area (Å²) in [6.07, 6.45) is 7.61. The summed E-state index contributed by atoms with van der Waals surface area (Å²) in [5, 5.41) is 0. The molecule has 3 fully saturated rings. The molecule has 0 radical (unpaired) electrons. The van der Waals surface area contributed by atoms with Gasteiger partial charge < -0.3 is 14.7 Å². The largest absolute Gasteiger partial charge is 0.369 e. The topological polar surface area (TPSA) is 36.7 Å². The highest BCUT2D eigenvalue weighted by Gasteiger charge is 2.41. The van der Waals surface area contributed by atoms with Crippen LogP contribution in [0.2, 0.25) is 0 Å². The van der Waals surface area contributed by atoms with Gasteiger partial charge in [-0.1, -0.05) is 13.0 Å². The van der Waals surface area contributed by atoms with Gasteiger partial charge in [-0.2, -0.15) is 0 Å². The third kappa shape index (κ3) is 4.25. The van der Waals surface area contributed by atoms with Crippen LogP contribution in [0.25, 0.3) is 11.0 Å². The minimum Gasteiger partial charge on any atom is -0.369 e. The zero-order valence-electron chi connectivity index (χ0n) is 21.2. The Hall–Kier alpha value is -1.79. The number of nitrogens with zero attached hydrogens (tertiary/aromatic N) is 5. The number of likely N-dealkylation sites (tertiary alicyclic amines) is 2. The molecule has 1 aromatic carbocycles. The van der Waals surface area contributed by atoms with Gasteiger partial charge in [-0.05, 0) is 102 Å². The number of hydrogen-bond donors (Lipinski definition) is 0. The summed E-state index contributed by atoms with van der Waals surface area (Å²) in [7, 11) is 4.20. The van der Waals surface area contributed by atoms with Crippen LogP contribution in [0, 0.1) is 11.3 Å². The van der Waals surface area contributed by atoms with Crippen molar-refractivity contribution in [3.8, 4) is 0 Å². The van der Waals surface area contributed by atoms with E-state index < -0.39 is 0 Å². The highest BCUT2D eigenvalue weighted by molar-refractivity contribution is 5.90. The van der Waals surface area contributed by atoms with E-state index in [1.807, 2.05) is 16.2 Å². The summed E-state index contributed by atoms with van der Waals surface area (Å²) < 4.78 is 3.87. The van der Waals surface area contributed by atoms with Gasteiger partial charge >= 0.3 is 5.69 Å². The highest BCUT2D eigenvalue weighted by atomic mass is 16.1. The van der Waals surface area contributed by atoms with Gasteiger partial charge in [-0.25, -0.2) is 4.79 Å². The smallest absolute Gasteiger partial charge is 0.329 e. The number of imidazole rings is 1. The average molecular weight is 454 g/mol. The van der Waals surface area contributed by atoms with Crippen LogP contribution in [0.1, 0.15) is 58.4 Å². The molecule has 1 atom stereocenters. The molecule has 0 amide bonds. The molecule has 6 heteroatoms. The second-order valence-electron chi connectivity index (χ2n) is 11.3. The summed E-state index contributed by atoms with van der Waals surface area (Å²) >= 11 is 0. The normalized spacial score (nSPS) is 23.7. The maximum absolute atomic E-state index is 13.1. The van der Waals surface area contributed by atoms with Crippen LogP contribution in [0.15, 0.2) is 23.0 Å². The number of aryl methyl sites for hydroxylation is 1. The summed E-state index contributed by atoms with van der Waals surface area (Å²) in [5.41, 5.74) is 4.01. The predicted molar refractivity (Wildman–Crippen MR) is 137 cm³/mol. The standard InChI is InChI=1S/C27H43N5O/c1-5-21(2)32-24-8-6-7-23(25(24)29(4)26(32)33)31-18-13-27(20-31)11-16-30(17-12-27)19-22-9-14-28(3)15-10-22/h6-8,21-22H,5,9-20H2,1-4H3. The summed E-state index contributed by atoms with van der Waals surface area (Å²) in [5.74, 6) is 0.892. The quantitative estimate of drug-likeness (QED) is 0.687. The maximum atomic E-state index is 13.1. The molecular weight excluding hydrogens is 410 g/mol. The molecule has 2 aromatic rings. The van der Waals surface area contributed by atoms with Crippen molar-refractivity contribution in [1.29, 1.82) is 0 Å². The van der Waals surface area contributed by atoms with Gasteiger partial charge in [0, 0.05) is 32.7 Å². The van der Waals surface area contributed by atoms with Crippen LogP contribution in [-0.4, -0.2) is 71.8 Å². The second-order valence-corrected chi connectivity index (χ2v) is 11.3. The first kappa shape index (κ1) is 23.0. The molecule has 3 aliphatic rings. The van der Waals surface area contributed by atoms with Gasteiger partial charge in [0.15, 0.2) is 0 Å². The van der Waals surface area contributed by atoms with E-state index in [-0.39, 0.29) is 11.7 Å². The number of aromatic nitrogens is 2. The van der Waals surface area contributed by atoms with E-state index in [0.29, 0.717) is 5.41 Å². The van der Waals surface area contributed by atoms with E-state index in [1.54, 1.807) is 0 Å². The summed E-state index contributed by atoms with van der Waals surface area (Å²) in [4.78, 5) is 20.9. The SMILES string of the molecule is CCC(C)n1c(=O)n(C)c2c(N3CCC4(CCN(CC5CCN(C)CC5)CC4)C3)cccc21. The number of rotatable bonds is 5. The first-order chi connectivity index (χ1) is 15.9. The van der Waals surface area contributed by atoms with Crippen LogP contribution in [0.4, 0.5) is 5.69 Å². The van der Waals surface area contributed by atoms with Crippen molar-refractivity contribution >= 4 is 16.7 Å². The molecule has 182 valence electrons. The molecule has 33 heavy (non-hydrogen) atoms. The van der Waals surface area contributed by atoms with Crippen molar-refractivity contribution in [2.75, 3.05) is 57.8 Å². The lowest BCUT2D eigenvalue weighted by Gasteiger charge is -2.41. The summed E-state index contributed by atoms with van der Waals surface area (Å²) in [6, 6.07) is 6.72. The van der Waals surface area contributed by atoms with Crippen molar-refractivity contribution < 1.29 is 0 Å². The number of piperidine rings is 2. The van der Waals surface area contributed by atoms with Gasteiger partial charge in [-0.15, -0.1) is 0 Å². The average Bonchev–Trinajstić information content (AvgIpc) is 3.35. The third-order valence-electron chi connectivity index (χ3n) is 9.16. The van der Waals surface area contributed by atoms with E-state index in [2.05, 4.69) is 53.8 Å². The molecule has 0 N–H and O–H groups in total. The van der Waals surface area contributed by atoms with Crippen LogP contribution < -0.4 is 10.6 Å². The third-order valence-corrected chi connectivity index (χ3v) is 9.16. The first-order valence-corrected chi connectivity index (χ1v) is 13.3. The fourth-order valence-electron chi connectivity index (χ4n) is 6.65. The van der Waals surface area contributed by atoms with Gasteiger partial charge in [-0.3, -0.25) is 9.13 Å². The van der Waals surface area contributed by atoms with Crippen molar-refractivity contribution in [3.63, 3.8) is 0 Å². The van der Waals surface area contributed by atoms with E-state index in [1.165, 1.54) is 70.5 Å². The lowest BCUT2D eigenvalue weighted by molar-refractivity contribution is 0.0905. The lowest BCUT2D eigenvalue weighted by Crippen LogP contribution is -2.44. The van der Waals surface area contributed by atoms with E-state index in [9.17, 15) is 4.79 Å².